The summed E-state index contributed by atoms with van der Waals surface area (Å²) in [6.45, 7) is 0. The van der Waals surface area contributed by atoms with Crippen molar-refractivity contribution in [2.24, 2.45) is 0 Å². The van der Waals surface area contributed by atoms with E-state index in [1.165, 1.54) is 5.94 Å². The number of carbonyl (C=O) groups is 1. The van der Waals surface area contributed by atoms with Crippen LogP contribution >= 0.6 is 0 Å². The molecule has 0 unspecified atom stereocenters. The highest BCUT2D eigenvalue weighted by atomic mass is 16.1. The fraction of sp³-hybridized carbons (Fsp3) is 0. The third kappa shape index (κ3) is 1.26. The molecule has 1 heterocycles. The van der Waals surface area contributed by atoms with Gasteiger partial charge in [0.05, 0.1) is 6.08 Å². The summed E-state index contributed by atoms with van der Waals surface area (Å²) in [5.74, 6) is 1.16. The largest absolute Gasteiger partial charge is 0.360 e. The zero-order valence-electron chi connectivity index (χ0n) is 7.28. The van der Waals surface area contributed by atoms with Crippen molar-refractivity contribution < 1.29 is 9.59 Å². The highest BCUT2D eigenvalue weighted by molar-refractivity contribution is 6.15. The van der Waals surface area contributed by atoms with Gasteiger partial charge in [0, 0.05) is 22.7 Å². The summed E-state index contributed by atoms with van der Waals surface area (Å²) in [7, 11) is 0. The van der Waals surface area contributed by atoms with Gasteiger partial charge in [0.15, 0.2) is 5.78 Å². The molecule has 0 saturated carbocycles. The predicted octanol–water partition coefficient (Wildman–Crippen LogP) is 1.74. The molecule has 0 bridgehead atoms. The second-order valence-corrected chi connectivity index (χ2v) is 2.87. The zero-order valence-corrected chi connectivity index (χ0v) is 7.28. The Balaban J connectivity index is 2.64. The predicted molar refractivity (Wildman–Crippen MR) is 52.9 cm³/mol. The molecule has 0 radical (unpaired) electrons. The van der Waals surface area contributed by atoms with Gasteiger partial charge in [0.2, 0.25) is 0 Å². The maximum absolute atomic E-state index is 11.4. The van der Waals surface area contributed by atoms with Crippen LogP contribution in [-0.4, -0.2) is 16.7 Å². The van der Waals surface area contributed by atoms with Crippen LogP contribution in [0.25, 0.3) is 10.9 Å². The lowest BCUT2D eigenvalue weighted by molar-refractivity contribution is 0.104. The highest BCUT2D eigenvalue weighted by Crippen LogP contribution is 2.17. The summed E-state index contributed by atoms with van der Waals surface area (Å²) in [4.78, 5) is 24.4. The number of hydrogen-bond acceptors (Lipinski definition) is 2. The van der Waals surface area contributed by atoms with E-state index in [-0.39, 0.29) is 5.78 Å². The minimum absolute atomic E-state index is 0.322. The Morgan fingerprint density at radius 3 is 2.93 bits per heavy atom. The van der Waals surface area contributed by atoms with E-state index >= 15 is 0 Å². The maximum Gasteiger partial charge on any atom is 0.198 e. The summed E-state index contributed by atoms with van der Waals surface area (Å²) in [5.41, 5.74) is 1.39. The van der Waals surface area contributed by atoms with Gasteiger partial charge in [0.25, 0.3) is 0 Å². The normalized spacial score (nSPS) is 9.71. The third-order valence-electron chi connectivity index (χ3n) is 2.04. The number of ketones is 1. The number of para-hydroxylation sites is 1. The lowest BCUT2D eigenvalue weighted by Gasteiger charge is -1.90. The molecule has 68 valence electrons. The molecule has 0 aliphatic carbocycles. The van der Waals surface area contributed by atoms with E-state index in [2.05, 4.69) is 4.98 Å². The number of rotatable bonds is 2. The van der Waals surface area contributed by atoms with E-state index in [4.69, 9.17) is 0 Å². The Hall–Kier alpha value is -2.12. The first kappa shape index (κ1) is 8.48. The number of aromatic nitrogens is 1. The van der Waals surface area contributed by atoms with Crippen LogP contribution in [-0.2, 0) is 4.79 Å². The van der Waals surface area contributed by atoms with E-state index in [0.717, 1.165) is 17.0 Å². The first-order chi connectivity index (χ1) is 6.83. The molecule has 3 heteroatoms. The van der Waals surface area contributed by atoms with Crippen LogP contribution in [0.15, 0.2) is 36.5 Å². The van der Waals surface area contributed by atoms with Crippen LogP contribution in [0.4, 0.5) is 0 Å². The van der Waals surface area contributed by atoms with Gasteiger partial charge in [-0.05, 0) is 6.07 Å². The molecule has 0 aliphatic rings. The molecule has 0 amide bonds. The number of carbonyl (C=O) groups excluding carboxylic acids is 2. The molecular formula is C11H7NO2. The SMILES string of the molecule is O=C=CC(=O)c1c[nH]c2ccccc12. The fourth-order valence-corrected chi connectivity index (χ4v) is 1.41. The zero-order chi connectivity index (χ0) is 9.97. The van der Waals surface area contributed by atoms with E-state index in [1.54, 1.807) is 6.20 Å². The molecule has 1 aromatic heterocycles. The first-order valence-electron chi connectivity index (χ1n) is 4.14. The second kappa shape index (κ2) is 3.32. The molecule has 2 aromatic rings. The molecule has 1 aromatic carbocycles. The van der Waals surface area contributed by atoms with Gasteiger partial charge in [0.1, 0.15) is 5.94 Å². The third-order valence-corrected chi connectivity index (χ3v) is 2.04. The van der Waals surface area contributed by atoms with Crippen molar-refractivity contribution in [1.82, 2.24) is 4.98 Å². The number of aromatic amines is 1. The van der Waals surface area contributed by atoms with Gasteiger partial charge in [-0.25, -0.2) is 4.79 Å². The Labute approximate surface area is 80.1 Å². The Kier molecular flexibility index (Phi) is 2.01. The molecule has 0 aliphatic heterocycles. The van der Waals surface area contributed by atoms with E-state index < -0.39 is 0 Å². The summed E-state index contributed by atoms with van der Waals surface area (Å²) in [6.07, 6.45) is 2.50. The Morgan fingerprint density at radius 1 is 1.36 bits per heavy atom. The van der Waals surface area contributed by atoms with Crippen molar-refractivity contribution in [3.05, 3.63) is 42.1 Å². The van der Waals surface area contributed by atoms with Crippen LogP contribution in [0.5, 0.6) is 0 Å². The van der Waals surface area contributed by atoms with Crippen molar-refractivity contribution in [2.75, 3.05) is 0 Å². The molecule has 0 fully saturated rings. The van der Waals surface area contributed by atoms with Crippen molar-refractivity contribution in [2.45, 2.75) is 0 Å². The van der Waals surface area contributed by atoms with Crippen LogP contribution in [0, 0.1) is 0 Å². The minimum Gasteiger partial charge on any atom is -0.360 e. The number of H-pyrrole nitrogens is 1. The number of nitrogens with one attached hydrogen (secondary N) is 1. The number of allylic oxidation sites excluding steroid dienone is 1. The Bertz CT molecular complexity index is 533. The minimum atomic E-state index is -0.322. The highest BCUT2D eigenvalue weighted by Gasteiger charge is 2.08. The van der Waals surface area contributed by atoms with Crippen LogP contribution in [0.1, 0.15) is 10.4 Å². The molecule has 2 rings (SSSR count). The van der Waals surface area contributed by atoms with Crippen molar-refractivity contribution in [3.63, 3.8) is 0 Å². The van der Waals surface area contributed by atoms with E-state index in [9.17, 15) is 9.59 Å². The standard InChI is InChI=1S/C11H7NO2/c13-6-5-11(14)9-7-12-10-4-2-1-3-8(9)10/h1-5,7,12H. The van der Waals surface area contributed by atoms with Crippen molar-refractivity contribution in [3.8, 4) is 0 Å². The van der Waals surface area contributed by atoms with Gasteiger partial charge in [-0.1, -0.05) is 18.2 Å². The first-order valence-corrected chi connectivity index (χ1v) is 4.14. The number of fused-ring (bicyclic) bond motifs is 1. The number of hydrogen-bond donors (Lipinski definition) is 1. The summed E-state index contributed by atoms with van der Waals surface area (Å²) in [6, 6.07) is 7.43. The van der Waals surface area contributed by atoms with Crippen LogP contribution in [0.2, 0.25) is 0 Å². The Morgan fingerprint density at radius 2 is 2.14 bits per heavy atom. The summed E-state index contributed by atoms with van der Waals surface area (Å²) >= 11 is 0. The topological polar surface area (TPSA) is 49.9 Å². The molecular weight excluding hydrogens is 178 g/mol. The van der Waals surface area contributed by atoms with Crippen LogP contribution in [0.3, 0.4) is 0 Å². The van der Waals surface area contributed by atoms with E-state index in [0.29, 0.717) is 5.56 Å². The van der Waals surface area contributed by atoms with Gasteiger partial charge in [-0.2, -0.15) is 0 Å². The van der Waals surface area contributed by atoms with Crippen molar-refractivity contribution in [1.29, 1.82) is 0 Å². The maximum atomic E-state index is 11.4. The molecule has 3 nitrogen and oxygen atoms in total. The smallest absolute Gasteiger partial charge is 0.198 e. The van der Waals surface area contributed by atoms with Gasteiger partial charge in [-0.3, -0.25) is 4.79 Å². The molecule has 1 N–H and O–H groups in total. The van der Waals surface area contributed by atoms with Gasteiger partial charge >= 0.3 is 0 Å². The second-order valence-electron chi connectivity index (χ2n) is 2.87. The van der Waals surface area contributed by atoms with Gasteiger partial charge in [-0.15, -0.1) is 0 Å². The van der Waals surface area contributed by atoms with E-state index in [1.807, 2.05) is 24.3 Å². The van der Waals surface area contributed by atoms with Crippen LogP contribution < -0.4 is 0 Å². The number of benzene rings is 1. The summed E-state index contributed by atoms with van der Waals surface area (Å²) in [5, 5.41) is 0.823. The lowest BCUT2D eigenvalue weighted by atomic mass is 10.1. The molecule has 0 atom stereocenters. The molecule has 0 spiro atoms. The molecule has 0 saturated heterocycles. The molecule has 14 heavy (non-hydrogen) atoms. The quantitative estimate of drug-likeness (QED) is 0.440. The monoisotopic (exact) mass is 185 g/mol. The lowest BCUT2D eigenvalue weighted by Crippen LogP contribution is -1.91. The average molecular weight is 185 g/mol. The fourth-order valence-electron chi connectivity index (χ4n) is 1.41. The van der Waals surface area contributed by atoms with Crippen molar-refractivity contribution >= 4 is 22.6 Å². The van der Waals surface area contributed by atoms with Gasteiger partial charge < -0.3 is 4.98 Å². The average Bonchev–Trinajstić information content (AvgIpc) is 2.61. The summed E-state index contributed by atoms with van der Waals surface area (Å²) < 4.78 is 0.